The molecule has 0 saturated carbocycles. The Morgan fingerprint density at radius 2 is 1.71 bits per heavy atom. The van der Waals surface area contributed by atoms with Gasteiger partial charge in [0.1, 0.15) is 0 Å². The number of nitrogens with two attached hydrogens (primary N) is 1. The summed E-state index contributed by atoms with van der Waals surface area (Å²) in [6, 6.07) is 7.00. The molecule has 96 valence electrons. The minimum absolute atomic E-state index is 0.613. The van der Waals surface area contributed by atoms with Gasteiger partial charge in [-0.25, -0.2) is 0 Å². The lowest BCUT2D eigenvalue weighted by atomic mass is 9.89. The highest BCUT2D eigenvalue weighted by Crippen LogP contribution is 2.25. The number of aryl methyl sites for hydroxylation is 1. The molecule has 0 atom stereocenters. The second kappa shape index (κ2) is 6.80. The molecule has 1 heteroatoms. The van der Waals surface area contributed by atoms with Gasteiger partial charge in [0.25, 0.3) is 0 Å². The highest BCUT2D eigenvalue weighted by atomic mass is 14.5. The zero-order valence-corrected chi connectivity index (χ0v) is 11.8. The lowest BCUT2D eigenvalue weighted by Gasteiger charge is -2.16. The van der Waals surface area contributed by atoms with E-state index in [-0.39, 0.29) is 0 Å². The van der Waals surface area contributed by atoms with E-state index in [1.165, 1.54) is 29.5 Å². The minimum Gasteiger partial charge on any atom is -0.330 e. The van der Waals surface area contributed by atoms with Crippen LogP contribution in [0.1, 0.15) is 69.1 Å². The first kappa shape index (κ1) is 14.2. The Bertz CT molecular complexity index is 339. The molecule has 0 bridgehead atoms. The average Bonchev–Trinajstić information content (AvgIpc) is 2.29. The van der Waals surface area contributed by atoms with Gasteiger partial charge in [-0.1, -0.05) is 45.9 Å². The van der Waals surface area contributed by atoms with Crippen LogP contribution in [0.15, 0.2) is 18.2 Å². The number of benzene rings is 1. The molecule has 0 fully saturated rings. The molecule has 2 N–H and O–H groups in total. The molecule has 1 nitrogen and oxygen atoms in total. The van der Waals surface area contributed by atoms with Gasteiger partial charge in [0, 0.05) is 0 Å². The zero-order valence-electron chi connectivity index (χ0n) is 11.8. The van der Waals surface area contributed by atoms with Gasteiger partial charge in [-0.05, 0) is 54.3 Å². The largest absolute Gasteiger partial charge is 0.330 e. The molecular weight excluding hydrogens is 206 g/mol. The van der Waals surface area contributed by atoms with Crippen molar-refractivity contribution in [1.29, 1.82) is 0 Å². The minimum atomic E-state index is 0.613. The van der Waals surface area contributed by atoms with Crippen LogP contribution < -0.4 is 5.73 Å². The fourth-order valence-electron chi connectivity index (χ4n) is 2.20. The van der Waals surface area contributed by atoms with Gasteiger partial charge < -0.3 is 5.73 Å². The maximum absolute atomic E-state index is 5.55. The van der Waals surface area contributed by atoms with Crippen LogP contribution in [-0.2, 0) is 6.42 Å². The maximum atomic E-state index is 5.55. The molecule has 0 heterocycles. The number of rotatable bonds is 6. The van der Waals surface area contributed by atoms with Gasteiger partial charge in [-0.15, -0.1) is 0 Å². The van der Waals surface area contributed by atoms with Gasteiger partial charge in [0.05, 0.1) is 0 Å². The Morgan fingerprint density at radius 1 is 1.00 bits per heavy atom. The molecular formula is C16H27N. The normalized spacial score (nSPS) is 11.5. The first-order valence-electron chi connectivity index (χ1n) is 6.89. The van der Waals surface area contributed by atoms with E-state index in [4.69, 9.17) is 5.73 Å². The molecule has 0 unspecified atom stereocenters. The standard InChI is InChI=1S/C16H27N/c1-12(2)15-9-8-14(7-5-6-10-17)16(11-15)13(3)4/h8-9,11-13H,5-7,10,17H2,1-4H3. The molecule has 0 saturated heterocycles. The van der Waals surface area contributed by atoms with Crippen molar-refractivity contribution in [2.75, 3.05) is 6.54 Å². The molecule has 0 spiro atoms. The van der Waals surface area contributed by atoms with E-state index < -0.39 is 0 Å². The summed E-state index contributed by atoms with van der Waals surface area (Å²) in [6.07, 6.45) is 3.50. The van der Waals surface area contributed by atoms with Crippen LogP contribution in [0, 0.1) is 0 Å². The Kier molecular flexibility index (Phi) is 5.70. The Hall–Kier alpha value is -0.820. The molecule has 1 rings (SSSR count). The quantitative estimate of drug-likeness (QED) is 0.732. The fourth-order valence-corrected chi connectivity index (χ4v) is 2.20. The maximum Gasteiger partial charge on any atom is -0.00772 e. The monoisotopic (exact) mass is 233 g/mol. The fraction of sp³-hybridized carbons (Fsp3) is 0.625. The summed E-state index contributed by atoms with van der Waals surface area (Å²) < 4.78 is 0. The Labute approximate surface area is 106 Å². The van der Waals surface area contributed by atoms with Crippen molar-refractivity contribution < 1.29 is 0 Å². The molecule has 1 aromatic carbocycles. The van der Waals surface area contributed by atoms with E-state index in [0.29, 0.717) is 11.8 Å². The summed E-state index contributed by atoms with van der Waals surface area (Å²) in [5.41, 5.74) is 10.0. The van der Waals surface area contributed by atoms with E-state index in [2.05, 4.69) is 45.9 Å². The lowest BCUT2D eigenvalue weighted by Crippen LogP contribution is -2.02. The second-order valence-corrected chi connectivity index (χ2v) is 5.51. The smallest absolute Gasteiger partial charge is 0.00772 e. The van der Waals surface area contributed by atoms with E-state index in [0.717, 1.165) is 13.0 Å². The van der Waals surface area contributed by atoms with Gasteiger partial charge >= 0.3 is 0 Å². The summed E-state index contributed by atoms with van der Waals surface area (Å²) >= 11 is 0. The lowest BCUT2D eigenvalue weighted by molar-refractivity contribution is 0.728. The molecule has 0 aromatic heterocycles. The van der Waals surface area contributed by atoms with Crippen molar-refractivity contribution in [3.05, 3.63) is 34.9 Å². The first-order valence-corrected chi connectivity index (χ1v) is 6.89. The first-order chi connectivity index (χ1) is 8.06. The van der Waals surface area contributed by atoms with Crippen molar-refractivity contribution in [1.82, 2.24) is 0 Å². The molecule has 0 aliphatic heterocycles. The van der Waals surface area contributed by atoms with Gasteiger partial charge in [0.15, 0.2) is 0 Å². The number of hydrogen-bond acceptors (Lipinski definition) is 1. The third-order valence-corrected chi connectivity index (χ3v) is 3.36. The van der Waals surface area contributed by atoms with Crippen LogP contribution in [0.25, 0.3) is 0 Å². The van der Waals surface area contributed by atoms with E-state index in [1.807, 2.05) is 0 Å². The Morgan fingerprint density at radius 3 is 2.24 bits per heavy atom. The van der Waals surface area contributed by atoms with Crippen LogP contribution in [0.5, 0.6) is 0 Å². The van der Waals surface area contributed by atoms with Crippen LogP contribution in [0.3, 0.4) is 0 Å². The van der Waals surface area contributed by atoms with Crippen LogP contribution >= 0.6 is 0 Å². The number of unbranched alkanes of at least 4 members (excludes halogenated alkanes) is 1. The third kappa shape index (κ3) is 4.16. The Balaban J connectivity index is 2.88. The molecule has 0 radical (unpaired) electrons. The van der Waals surface area contributed by atoms with Crippen LogP contribution in [-0.4, -0.2) is 6.54 Å². The third-order valence-electron chi connectivity index (χ3n) is 3.36. The van der Waals surface area contributed by atoms with Crippen molar-refractivity contribution >= 4 is 0 Å². The molecule has 0 aliphatic rings. The molecule has 17 heavy (non-hydrogen) atoms. The predicted molar refractivity (Wildman–Crippen MR) is 76.6 cm³/mol. The predicted octanol–water partition coefficient (Wildman–Crippen LogP) is 4.21. The highest BCUT2D eigenvalue weighted by molar-refractivity contribution is 5.35. The average molecular weight is 233 g/mol. The van der Waals surface area contributed by atoms with Crippen molar-refractivity contribution in [3.8, 4) is 0 Å². The van der Waals surface area contributed by atoms with Crippen LogP contribution in [0.4, 0.5) is 0 Å². The van der Waals surface area contributed by atoms with Crippen molar-refractivity contribution in [2.24, 2.45) is 5.73 Å². The summed E-state index contributed by atoms with van der Waals surface area (Å²) in [7, 11) is 0. The van der Waals surface area contributed by atoms with Gasteiger partial charge in [-0.3, -0.25) is 0 Å². The molecule has 0 amide bonds. The van der Waals surface area contributed by atoms with Gasteiger partial charge in [-0.2, -0.15) is 0 Å². The number of hydrogen-bond donors (Lipinski definition) is 1. The van der Waals surface area contributed by atoms with E-state index in [1.54, 1.807) is 0 Å². The summed E-state index contributed by atoms with van der Waals surface area (Å²) in [4.78, 5) is 0. The second-order valence-electron chi connectivity index (χ2n) is 5.51. The van der Waals surface area contributed by atoms with Gasteiger partial charge in [0.2, 0.25) is 0 Å². The van der Waals surface area contributed by atoms with Crippen molar-refractivity contribution in [2.45, 2.75) is 58.8 Å². The van der Waals surface area contributed by atoms with Crippen LogP contribution in [0.2, 0.25) is 0 Å². The van der Waals surface area contributed by atoms with Crippen molar-refractivity contribution in [3.63, 3.8) is 0 Å². The molecule has 0 aliphatic carbocycles. The summed E-state index contributed by atoms with van der Waals surface area (Å²) in [5, 5.41) is 0. The summed E-state index contributed by atoms with van der Waals surface area (Å²) in [5.74, 6) is 1.23. The summed E-state index contributed by atoms with van der Waals surface area (Å²) in [6.45, 7) is 9.89. The van der Waals surface area contributed by atoms with E-state index in [9.17, 15) is 0 Å². The van der Waals surface area contributed by atoms with E-state index >= 15 is 0 Å². The SMILES string of the molecule is CC(C)c1ccc(CCCCN)c(C(C)C)c1. The topological polar surface area (TPSA) is 26.0 Å². The molecule has 1 aromatic rings. The highest BCUT2D eigenvalue weighted by Gasteiger charge is 2.09. The zero-order chi connectivity index (χ0) is 12.8.